The Morgan fingerprint density at radius 2 is 1.73 bits per heavy atom. The van der Waals surface area contributed by atoms with Crippen LogP contribution in [0, 0.1) is 13.8 Å². The zero-order valence-corrected chi connectivity index (χ0v) is 17.4. The molecule has 0 fully saturated rings. The molecule has 3 rings (SSSR count). The molecule has 1 aromatic heterocycles. The summed E-state index contributed by atoms with van der Waals surface area (Å²) < 4.78 is 10.4. The van der Waals surface area contributed by atoms with E-state index >= 15 is 0 Å². The maximum absolute atomic E-state index is 12.6. The number of carbonyl (C=O) groups excluding carboxylic acids is 3. The molecule has 0 aliphatic carbocycles. The third-order valence-corrected chi connectivity index (χ3v) is 4.82. The first kappa shape index (κ1) is 21.1. The second kappa shape index (κ2) is 8.82. The van der Waals surface area contributed by atoms with Crippen molar-refractivity contribution in [2.45, 2.75) is 33.8 Å². The molecule has 1 atom stereocenters. The number of anilines is 1. The van der Waals surface area contributed by atoms with E-state index in [-0.39, 0.29) is 12.3 Å². The van der Waals surface area contributed by atoms with E-state index in [2.05, 4.69) is 10.3 Å². The third-order valence-electron chi connectivity index (χ3n) is 4.82. The SMILES string of the molecule is CCOC(=O)c1c(C)[nH]c(C(=O)OC(C)C(=O)Nc2cccc3ccccc23)c1C. The van der Waals surface area contributed by atoms with Gasteiger partial charge in [0.25, 0.3) is 5.91 Å². The first-order chi connectivity index (χ1) is 14.3. The van der Waals surface area contributed by atoms with Crippen LogP contribution < -0.4 is 5.32 Å². The lowest BCUT2D eigenvalue weighted by molar-refractivity contribution is -0.123. The number of hydrogen-bond acceptors (Lipinski definition) is 5. The van der Waals surface area contributed by atoms with Crippen molar-refractivity contribution in [3.05, 3.63) is 65.0 Å². The van der Waals surface area contributed by atoms with Crippen LogP contribution in [0.25, 0.3) is 10.8 Å². The molecule has 156 valence electrons. The quantitative estimate of drug-likeness (QED) is 0.597. The summed E-state index contributed by atoms with van der Waals surface area (Å²) >= 11 is 0. The lowest BCUT2D eigenvalue weighted by Crippen LogP contribution is -2.30. The fourth-order valence-electron chi connectivity index (χ4n) is 3.31. The Hall–Kier alpha value is -3.61. The number of ether oxygens (including phenoxy) is 2. The molecule has 0 saturated carbocycles. The van der Waals surface area contributed by atoms with Gasteiger partial charge in [0.1, 0.15) is 5.69 Å². The van der Waals surface area contributed by atoms with Crippen LogP contribution in [0.4, 0.5) is 5.69 Å². The van der Waals surface area contributed by atoms with Crippen LogP contribution in [0.5, 0.6) is 0 Å². The van der Waals surface area contributed by atoms with E-state index in [0.29, 0.717) is 22.5 Å². The van der Waals surface area contributed by atoms with Gasteiger partial charge in [-0.25, -0.2) is 9.59 Å². The van der Waals surface area contributed by atoms with E-state index < -0.39 is 23.9 Å². The monoisotopic (exact) mass is 408 g/mol. The molecule has 0 saturated heterocycles. The second-order valence-corrected chi connectivity index (χ2v) is 6.91. The lowest BCUT2D eigenvalue weighted by atomic mass is 10.1. The van der Waals surface area contributed by atoms with Gasteiger partial charge in [-0.05, 0) is 44.7 Å². The molecule has 0 spiro atoms. The van der Waals surface area contributed by atoms with Gasteiger partial charge >= 0.3 is 11.9 Å². The minimum atomic E-state index is -1.04. The molecule has 30 heavy (non-hydrogen) atoms. The Kier molecular flexibility index (Phi) is 6.20. The van der Waals surface area contributed by atoms with Crippen LogP contribution in [0.3, 0.4) is 0 Å². The summed E-state index contributed by atoms with van der Waals surface area (Å²) in [6.07, 6.45) is -1.04. The Morgan fingerprint density at radius 3 is 2.47 bits per heavy atom. The Bertz CT molecular complexity index is 1110. The Morgan fingerprint density at radius 1 is 1.03 bits per heavy atom. The first-order valence-electron chi connectivity index (χ1n) is 9.69. The van der Waals surface area contributed by atoms with Gasteiger partial charge in [0.05, 0.1) is 12.2 Å². The predicted octanol–water partition coefficient (Wildman–Crippen LogP) is 4.15. The molecule has 1 unspecified atom stereocenters. The normalized spacial score (nSPS) is 11.7. The van der Waals surface area contributed by atoms with Gasteiger partial charge in [0, 0.05) is 16.8 Å². The molecule has 2 aromatic carbocycles. The van der Waals surface area contributed by atoms with Crippen molar-refractivity contribution < 1.29 is 23.9 Å². The number of fused-ring (bicyclic) bond motifs is 1. The number of H-pyrrole nitrogens is 1. The van der Waals surface area contributed by atoms with Crippen molar-refractivity contribution in [2.75, 3.05) is 11.9 Å². The minimum Gasteiger partial charge on any atom is -0.462 e. The molecule has 1 amide bonds. The highest BCUT2D eigenvalue weighted by atomic mass is 16.5. The Labute approximate surface area is 174 Å². The topological polar surface area (TPSA) is 97.5 Å². The van der Waals surface area contributed by atoms with Crippen molar-refractivity contribution in [1.82, 2.24) is 4.98 Å². The molecule has 0 radical (unpaired) electrons. The van der Waals surface area contributed by atoms with Gasteiger partial charge in [-0.3, -0.25) is 4.79 Å². The number of rotatable bonds is 6. The van der Waals surface area contributed by atoms with Crippen molar-refractivity contribution in [3.8, 4) is 0 Å². The van der Waals surface area contributed by atoms with Gasteiger partial charge < -0.3 is 19.8 Å². The number of aromatic nitrogens is 1. The van der Waals surface area contributed by atoms with Crippen LogP contribution in [0.2, 0.25) is 0 Å². The summed E-state index contributed by atoms with van der Waals surface area (Å²) in [5.41, 5.74) is 2.00. The zero-order chi connectivity index (χ0) is 21.8. The Balaban J connectivity index is 1.73. The first-order valence-corrected chi connectivity index (χ1v) is 9.69. The molecule has 3 aromatic rings. The number of carbonyl (C=O) groups is 3. The van der Waals surface area contributed by atoms with Crippen molar-refractivity contribution in [2.24, 2.45) is 0 Å². The molecular weight excluding hydrogens is 384 g/mol. The molecular formula is C23H24N2O5. The summed E-state index contributed by atoms with van der Waals surface area (Å²) in [7, 11) is 0. The average molecular weight is 408 g/mol. The summed E-state index contributed by atoms with van der Waals surface area (Å²) in [4.78, 5) is 40.2. The van der Waals surface area contributed by atoms with E-state index in [1.165, 1.54) is 6.92 Å². The lowest BCUT2D eigenvalue weighted by Gasteiger charge is -2.14. The van der Waals surface area contributed by atoms with Gasteiger partial charge in [-0.1, -0.05) is 36.4 Å². The van der Waals surface area contributed by atoms with Gasteiger partial charge in [-0.15, -0.1) is 0 Å². The molecule has 7 heteroatoms. The molecule has 1 heterocycles. The molecule has 7 nitrogen and oxygen atoms in total. The zero-order valence-electron chi connectivity index (χ0n) is 17.4. The summed E-state index contributed by atoms with van der Waals surface area (Å²) in [6, 6.07) is 13.2. The summed E-state index contributed by atoms with van der Waals surface area (Å²) in [5.74, 6) is -1.68. The number of aromatic amines is 1. The standard InChI is InChI=1S/C23H24N2O5/c1-5-29-22(27)19-13(2)20(24-14(19)3)23(28)30-15(4)21(26)25-18-12-8-10-16-9-6-7-11-17(16)18/h6-12,15,24H,5H2,1-4H3,(H,25,26). The number of amides is 1. The summed E-state index contributed by atoms with van der Waals surface area (Å²) in [6.45, 7) is 6.74. The van der Waals surface area contributed by atoms with Crippen LogP contribution in [0.1, 0.15) is 46.0 Å². The van der Waals surface area contributed by atoms with Gasteiger partial charge in [-0.2, -0.15) is 0 Å². The van der Waals surface area contributed by atoms with Gasteiger partial charge in [0.15, 0.2) is 6.10 Å². The fourth-order valence-corrected chi connectivity index (χ4v) is 3.31. The largest absolute Gasteiger partial charge is 0.462 e. The highest BCUT2D eigenvalue weighted by Crippen LogP contribution is 2.24. The highest BCUT2D eigenvalue weighted by Gasteiger charge is 2.26. The van der Waals surface area contributed by atoms with E-state index in [1.807, 2.05) is 36.4 Å². The summed E-state index contributed by atoms with van der Waals surface area (Å²) in [5, 5.41) is 4.69. The van der Waals surface area contributed by atoms with E-state index in [9.17, 15) is 14.4 Å². The van der Waals surface area contributed by atoms with Crippen molar-refractivity contribution in [3.63, 3.8) is 0 Å². The van der Waals surface area contributed by atoms with E-state index in [1.54, 1.807) is 26.8 Å². The molecule has 0 aliphatic heterocycles. The second-order valence-electron chi connectivity index (χ2n) is 6.91. The van der Waals surface area contributed by atoms with E-state index in [4.69, 9.17) is 9.47 Å². The van der Waals surface area contributed by atoms with Crippen LogP contribution in [-0.2, 0) is 14.3 Å². The third kappa shape index (κ3) is 4.20. The maximum Gasteiger partial charge on any atom is 0.355 e. The fraction of sp³-hybridized carbons (Fsp3) is 0.261. The molecule has 2 N–H and O–H groups in total. The molecule has 0 aliphatic rings. The number of nitrogens with one attached hydrogen (secondary N) is 2. The molecule has 0 bridgehead atoms. The number of benzene rings is 2. The van der Waals surface area contributed by atoms with E-state index in [0.717, 1.165) is 10.8 Å². The van der Waals surface area contributed by atoms with Crippen molar-refractivity contribution >= 4 is 34.3 Å². The van der Waals surface area contributed by atoms with Gasteiger partial charge in [0.2, 0.25) is 0 Å². The van der Waals surface area contributed by atoms with Crippen LogP contribution in [-0.4, -0.2) is 35.5 Å². The van der Waals surface area contributed by atoms with Crippen molar-refractivity contribution in [1.29, 1.82) is 0 Å². The minimum absolute atomic E-state index is 0.125. The number of esters is 2. The number of hydrogen-bond donors (Lipinski definition) is 2. The predicted molar refractivity (Wildman–Crippen MR) is 114 cm³/mol. The highest BCUT2D eigenvalue weighted by molar-refractivity contribution is 6.04. The van der Waals surface area contributed by atoms with Crippen LogP contribution in [0.15, 0.2) is 42.5 Å². The van der Waals surface area contributed by atoms with Crippen LogP contribution >= 0.6 is 0 Å². The smallest absolute Gasteiger partial charge is 0.355 e. The number of aryl methyl sites for hydroxylation is 1. The average Bonchev–Trinajstić information content (AvgIpc) is 3.02. The maximum atomic E-state index is 12.6.